The first-order valence-corrected chi connectivity index (χ1v) is 13.4. The van der Waals surface area contributed by atoms with Crippen LogP contribution in [0.25, 0.3) is 10.9 Å². The van der Waals surface area contributed by atoms with E-state index in [4.69, 9.17) is 0 Å². The number of likely N-dealkylation sites (tertiary alicyclic amines) is 1. The Morgan fingerprint density at radius 2 is 1.71 bits per heavy atom. The highest BCUT2D eigenvalue weighted by atomic mass is 32.2. The molecule has 1 saturated heterocycles. The Labute approximate surface area is 199 Å². The van der Waals surface area contributed by atoms with Gasteiger partial charge in [0.1, 0.15) is 5.56 Å². The number of carbonyl (C=O) groups is 1. The second kappa shape index (κ2) is 9.00. The zero-order chi connectivity index (χ0) is 23.9. The number of rotatable bonds is 4. The van der Waals surface area contributed by atoms with Gasteiger partial charge in [0.15, 0.2) is 0 Å². The molecule has 3 heterocycles. The number of carbonyl (C=O) groups excluding carboxylic acids is 1. The Morgan fingerprint density at radius 1 is 0.971 bits per heavy atom. The lowest BCUT2D eigenvalue weighted by atomic mass is 10.0. The van der Waals surface area contributed by atoms with Crippen molar-refractivity contribution in [2.45, 2.75) is 50.6 Å². The average molecular weight is 480 g/mol. The number of aryl methyl sites for hydroxylation is 1. The molecule has 0 spiro atoms. The molecule has 2 aliphatic rings. The lowest BCUT2D eigenvalue weighted by molar-refractivity contribution is 0.0722. The monoisotopic (exact) mass is 479 g/mol. The molecular weight excluding hydrogens is 450 g/mol. The highest BCUT2D eigenvalue weighted by molar-refractivity contribution is 7.89. The van der Waals surface area contributed by atoms with Crippen molar-refractivity contribution in [3.63, 3.8) is 0 Å². The minimum atomic E-state index is -3.80. The molecule has 2 aromatic carbocycles. The Bertz CT molecular complexity index is 1420. The van der Waals surface area contributed by atoms with Gasteiger partial charge in [-0.25, -0.2) is 8.42 Å². The SMILES string of the molecule is CCn1cc(C(=O)N2CCCCC2)c(=O)c2cc(S(=O)(=O)N3CCc4ccccc4C3)ccc21. The molecule has 0 unspecified atom stereocenters. The van der Waals surface area contributed by atoms with Crippen LogP contribution in [-0.2, 0) is 29.5 Å². The molecular formula is C26H29N3O4S. The fraction of sp³-hybridized carbons (Fsp3) is 0.385. The maximum Gasteiger partial charge on any atom is 0.259 e. The fourth-order valence-electron chi connectivity index (χ4n) is 5.04. The number of aromatic nitrogens is 1. The van der Waals surface area contributed by atoms with Crippen LogP contribution in [-0.4, -0.2) is 47.7 Å². The van der Waals surface area contributed by atoms with Gasteiger partial charge in [-0.2, -0.15) is 4.31 Å². The number of fused-ring (bicyclic) bond motifs is 2. The second-order valence-corrected chi connectivity index (χ2v) is 11.0. The summed E-state index contributed by atoms with van der Waals surface area (Å²) in [7, 11) is -3.80. The summed E-state index contributed by atoms with van der Waals surface area (Å²) in [6, 6.07) is 12.6. The number of nitrogens with zero attached hydrogens (tertiary/aromatic N) is 3. The number of amides is 1. The Balaban J connectivity index is 1.56. The molecule has 5 rings (SSSR count). The zero-order valence-corrected chi connectivity index (χ0v) is 20.2. The third kappa shape index (κ3) is 3.95. The van der Waals surface area contributed by atoms with E-state index < -0.39 is 15.5 Å². The molecule has 2 aliphatic heterocycles. The smallest absolute Gasteiger partial charge is 0.259 e. The fourth-order valence-corrected chi connectivity index (χ4v) is 6.49. The predicted molar refractivity (Wildman–Crippen MR) is 131 cm³/mol. The first kappa shape index (κ1) is 22.8. The molecule has 1 amide bonds. The van der Waals surface area contributed by atoms with E-state index in [0.717, 1.165) is 24.8 Å². The lowest BCUT2D eigenvalue weighted by Gasteiger charge is -2.28. The quantitative estimate of drug-likeness (QED) is 0.575. The number of piperidine rings is 1. The molecule has 8 heteroatoms. The summed E-state index contributed by atoms with van der Waals surface area (Å²) in [5.74, 6) is -0.269. The maximum absolute atomic E-state index is 13.5. The molecule has 7 nitrogen and oxygen atoms in total. The van der Waals surface area contributed by atoms with Crippen LogP contribution >= 0.6 is 0 Å². The van der Waals surface area contributed by atoms with Crippen molar-refractivity contribution in [1.82, 2.24) is 13.8 Å². The number of sulfonamides is 1. The standard InChI is InChI=1S/C26H29N3O4S/c1-2-27-18-23(26(31)28-13-6-3-7-14-28)25(30)22-16-21(10-11-24(22)27)34(32,33)29-15-12-19-8-4-5-9-20(19)17-29/h4-5,8-11,16,18H,2-3,6-7,12-15,17H2,1H3. The van der Waals surface area contributed by atoms with E-state index in [-0.39, 0.29) is 21.8 Å². The van der Waals surface area contributed by atoms with Gasteiger partial charge in [-0.1, -0.05) is 24.3 Å². The van der Waals surface area contributed by atoms with Gasteiger partial charge in [0, 0.05) is 44.3 Å². The highest BCUT2D eigenvalue weighted by Crippen LogP contribution is 2.27. The molecule has 178 valence electrons. The van der Waals surface area contributed by atoms with Crippen molar-refractivity contribution in [2.75, 3.05) is 19.6 Å². The third-order valence-corrected chi connectivity index (χ3v) is 8.84. The third-order valence-electron chi connectivity index (χ3n) is 7.00. The summed E-state index contributed by atoms with van der Waals surface area (Å²) in [4.78, 5) is 28.4. The van der Waals surface area contributed by atoms with Gasteiger partial charge >= 0.3 is 0 Å². The maximum atomic E-state index is 13.5. The van der Waals surface area contributed by atoms with Gasteiger partial charge in [0.2, 0.25) is 15.5 Å². The topological polar surface area (TPSA) is 79.7 Å². The number of benzene rings is 2. The van der Waals surface area contributed by atoms with Crippen LogP contribution in [0.3, 0.4) is 0 Å². The van der Waals surface area contributed by atoms with Crippen molar-refractivity contribution in [3.05, 3.63) is 75.6 Å². The van der Waals surface area contributed by atoms with Crippen molar-refractivity contribution in [2.24, 2.45) is 0 Å². The summed E-state index contributed by atoms with van der Waals surface area (Å²) < 4.78 is 30.3. The van der Waals surface area contributed by atoms with Crippen LogP contribution in [0.15, 0.2) is 58.4 Å². The van der Waals surface area contributed by atoms with Crippen LogP contribution < -0.4 is 5.43 Å². The van der Waals surface area contributed by atoms with Crippen molar-refractivity contribution < 1.29 is 13.2 Å². The van der Waals surface area contributed by atoms with Crippen LogP contribution in [0.5, 0.6) is 0 Å². The molecule has 0 radical (unpaired) electrons. The molecule has 3 aromatic rings. The van der Waals surface area contributed by atoms with E-state index in [0.29, 0.717) is 44.7 Å². The number of hydrogen-bond acceptors (Lipinski definition) is 4. The summed E-state index contributed by atoms with van der Waals surface area (Å²) in [5, 5.41) is 0.267. The van der Waals surface area contributed by atoms with Crippen LogP contribution in [0.2, 0.25) is 0 Å². The van der Waals surface area contributed by atoms with Crippen LogP contribution in [0.4, 0.5) is 0 Å². The van der Waals surface area contributed by atoms with Gasteiger partial charge in [-0.05, 0) is 61.9 Å². The lowest BCUT2D eigenvalue weighted by Crippen LogP contribution is -2.38. The Morgan fingerprint density at radius 3 is 2.44 bits per heavy atom. The molecule has 1 aromatic heterocycles. The highest BCUT2D eigenvalue weighted by Gasteiger charge is 2.29. The van der Waals surface area contributed by atoms with Gasteiger partial charge in [0.25, 0.3) is 5.91 Å². The van der Waals surface area contributed by atoms with Crippen LogP contribution in [0.1, 0.15) is 47.7 Å². The van der Waals surface area contributed by atoms with E-state index in [1.807, 2.05) is 35.8 Å². The first-order valence-electron chi connectivity index (χ1n) is 11.9. The normalized spacial score (nSPS) is 17.0. The second-order valence-electron chi connectivity index (χ2n) is 9.05. The number of hydrogen-bond donors (Lipinski definition) is 0. The van der Waals surface area contributed by atoms with Crippen molar-refractivity contribution in [3.8, 4) is 0 Å². The summed E-state index contributed by atoms with van der Waals surface area (Å²) in [6.45, 7) is 4.49. The van der Waals surface area contributed by atoms with Crippen molar-refractivity contribution >= 4 is 26.8 Å². The minimum Gasteiger partial charge on any atom is -0.347 e. The van der Waals surface area contributed by atoms with E-state index in [1.165, 1.54) is 15.9 Å². The average Bonchev–Trinajstić information content (AvgIpc) is 2.88. The molecule has 0 saturated carbocycles. The minimum absolute atomic E-state index is 0.0849. The molecule has 0 aliphatic carbocycles. The number of pyridine rings is 1. The molecule has 34 heavy (non-hydrogen) atoms. The van der Waals surface area contributed by atoms with Gasteiger partial charge < -0.3 is 9.47 Å². The molecule has 0 bridgehead atoms. The molecule has 0 N–H and O–H groups in total. The van der Waals surface area contributed by atoms with E-state index in [2.05, 4.69) is 0 Å². The first-order chi connectivity index (χ1) is 16.4. The molecule has 0 atom stereocenters. The summed E-state index contributed by atoms with van der Waals surface area (Å²) in [6.07, 6.45) is 5.23. The Hall–Kier alpha value is -2.97. The van der Waals surface area contributed by atoms with E-state index in [1.54, 1.807) is 23.2 Å². The van der Waals surface area contributed by atoms with Gasteiger partial charge in [-0.15, -0.1) is 0 Å². The zero-order valence-electron chi connectivity index (χ0n) is 19.4. The molecule has 1 fully saturated rings. The summed E-state index contributed by atoms with van der Waals surface area (Å²) in [5.41, 5.74) is 2.50. The van der Waals surface area contributed by atoms with E-state index >= 15 is 0 Å². The summed E-state index contributed by atoms with van der Waals surface area (Å²) >= 11 is 0. The Kier molecular flexibility index (Phi) is 6.04. The van der Waals surface area contributed by atoms with Gasteiger partial charge in [-0.3, -0.25) is 9.59 Å². The van der Waals surface area contributed by atoms with Crippen LogP contribution in [0, 0.1) is 0 Å². The predicted octanol–water partition coefficient (Wildman–Crippen LogP) is 3.39. The van der Waals surface area contributed by atoms with Crippen molar-refractivity contribution in [1.29, 1.82) is 0 Å². The van der Waals surface area contributed by atoms with E-state index in [9.17, 15) is 18.0 Å². The largest absolute Gasteiger partial charge is 0.347 e. The van der Waals surface area contributed by atoms with Gasteiger partial charge in [0.05, 0.1) is 10.4 Å².